The number of benzene rings is 2. The van der Waals surface area contributed by atoms with E-state index in [-0.39, 0.29) is 5.91 Å². The first-order chi connectivity index (χ1) is 12.1. The molecule has 2 aromatic carbocycles. The van der Waals surface area contributed by atoms with Crippen LogP contribution in [0.5, 0.6) is 11.5 Å². The van der Waals surface area contributed by atoms with E-state index in [1.165, 1.54) is 14.2 Å². The Morgan fingerprint density at radius 1 is 1.20 bits per heavy atom. The van der Waals surface area contributed by atoms with Crippen molar-refractivity contribution in [3.8, 4) is 11.5 Å². The van der Waals surface area contributed by atoms with Crippen molar-refractivity contribution in [3.63, 3.8) is 0 Å². The van der Waals surface area contributed by atoms with Gasteiger partial charge < -0.3 is 19.6 Å². The lowest BCUT2D eigenvalue weighted by molar-refractivity contribution is -0.125. The molecule has 2 aromatic rings. The summed E-state index contributed by atoms with van der Waals surface area (Å²) in [4.78, 5) is 17.8. The minimum absolute atomic E-state index is 0.322. The van der Waals surface area contributed by atoms with E-state index in [1.54, 1.807) is 12.1 Å². The second-order valence-electron chi connectivity index (χ2n) is 5.38. The summed E-state index contributed by atoms with van der Waals surface area (Å²) in [6.07, 6.45) is -0.315. The van der Waals surface area contributed by atoms with Gasteiger partial charge in [0.1, 0.15) is 11.5 Å². The quantitative estimate of drug-likeness (QED) is 0.886. The zero-order valence-corrected chi connectivity index (χ0v) is 14.5. The molecule has 1 aliphatic rings. The molecule has 1 amide bonds. The summed E-state index contributed by atoms with van der Waals surface area (Å²) in [6, 6.07) is 12.8. The Bertz CT molecular complexity index is 808. The van der Waals surface area contributed by atoms with Gasteiger partial charge in [-0.15, -0.1) is 0 Å². The van der Waals surface area contributed by atoms with Crippen molar-refractivity contribution in [2.24, 2.45) is 5.16 Å². The van der Waals surface area contributed by atoms with Crippen molar-refractivity contribution < 1.29 is 19.1 Å². The molecule has 1 aliphatic heterocycles. The van der Waals surface area contributed by atoms with Crippen LogP contribution in [0.2, 0.25) is 5.02 Å². The molecule has 0 bridgehead atoms. The van der Waals surface area contributed by atoms with Gasteiger partial charge in [-0.3, -0.25) is 4.79 Å². The van der Waals surface area contributed by atoms with Gasteiger partial charge in [-0.05, 0) is 5.56 Å². The third-order valence-corrected chi connectivity index (χ3v) is 4.10. The summed E-state index contributed by atoms with van der Waals surface area (Å²) in [7, 11) is 3.00. The van der Waals surface area contributed by atoms with Crippen LogP contribution in [-0.4, -0.2) is 31.9 Å². The number of halogens is 1. The molecule has 6 nitrogen and oxygen atoms in total. The van der Waals surface area contributed by atoms with Gasteiger partial charge in [0.25, 0.3) is 5.91 Å². The second-order valence-corrected chi connectivity index (χ2v) is 5.79. The van der Waals surface area contributed by atoms with Crippen LogP contribution < -0.4 is 14.8 Å². The maximum Gasteiger partial charge on any atom is 0.268 e. The van der Waals surface area contributed by atoms with Gasteiger partial charge in [0.15, 0.2) is 0 Å². The molecule has 0 spiro atoms. The Hall–Kier alpha value is -2.73. The summed E-state index contributed by atoms with van der Waals surface area (Å²) in [5.74, 6) is 0.546. The molecule has 0 aromatic heterocycles. The number of hydrogen-bond donors (Lipinski definition) is 1. The molecule has 0 saturated heterocycles. The molecule has 0 saturated carbocycles. The van der Waals surface area contributed by atoms with Crippen LogP contribution in [0.25, 0.3) is 0 Å². The SMILES string of the molecule is COc1cc(NC(=O)C2CC(c3ccccc3)=NO2)c(OC)cc1Cl. The van der Waals surface area contributed by atoms with Gasteiger partial charge in [0.05, 0.1) is 30.6 Å². The van der Waals surface area contributed by atoms with Crippen molar-refractivity contribution >= 4 is 28.9 Å². The molecular formula is C18H17ClN2O4. The number of amides is 1. The summed E-state index contributed by atoms with van der Waals surface area (Å²) < 4.78 is 10.4. The minimum Gasteiger partial charge on any atom is -0.495 e. The van der Waals surface area contributed by atoms with E-state index in [2.05, 4.69) is 10.5 Å². The van der Waals surface area contributed by atoms with Gasteiger partial charge in [0.2, 0.25) is 6.10 Å². The molecule has 25 heavy (non-hydrogen) atoms. The Labute approximate surface area is 150 Å². The first kappa shape index (κ1) is 17.1. The topological polar surface area (TPSA) is 69.2 Å². The average molecular weight is 361 g/mol. The molecule has 3 rings (SSSR count). The number of methoxy groups -OCH3 is 2. The number of rotatable bonds is 5. The number of anilines is 1. The van der Waals surface area contributed by atoms with Gasteiger partial charge in [-0.25, -0.2) is 0 Å². The van der Waals surface area contributed by atoms with Crippen LogP contribution in [0.4, 0.5) is 5.69 Å². The van der Waals surface area contributed by atoms with E-state index in [9.17, 15) is 4.79 Å². The zero-order valence-electron chi connectivity index (χ0n) is 13.8. The van der Waals surface area contributed by atoms with Crippen LogP contribution in [0.3, 0.4) is 0 Å². The number of carbonyl (C=O) groups is 1. The normalized spacial score (nSPS) is 16.0. The fourth-order valence-corrected chi connectivity index (χ4v) is 2.72. The molecule has 1 heterocycles. The van der Waals surface area contributed by atoms with E-state index in [0.29, 0.717) is 28.6 Å². The maximum absolute atomic E-state index is 12.5. The monoisotopic (exact) mass is 360 g/mol. The standard InChI is InChI=1S/C18H17ClN2O4/c1-23-15-10-14(16(24-2)8-12(15)19)20-18(22)17-9-13(21-25-17)11-6-4-3-5-7-11/h3-8,10,17H,9H2,1-2H3,(H,20,22). The molecule has 1 unspecified atom stereocenters. The van der Waals surface area contributed by atoms with E-state index >= 15 is 0 Å². The van der Waals surface area contributed by atoms with E-state index in [4.69, 9.17) is 25.9 Å². The van der Waals surface area contributed by atoms with Crippen LogP contribution in [0.15, 0.2) is 47.6 Å². The van der Waals surface area contributed by atoms with Crippen molar-refractivity contribution in [3.05, 3.63) is 53.1 Å². The molecule has 0 aliphatic carbocycles. The number of nitrogens with one attached hydrogen (secondary N) is 1. The molecule has 1 N–H and O–H groups in total. The predicted octanol–water partition coefficient (Wildman–Crippen LogP) is 3.49. The molecule has 0 radical (unpaired) electrons. The van der Waals surface area contributed by atoms with Crippen LogP contribution in [0.1, 0.15) is 12.0 Å². The van der Waals surface area contributed by atoms with Crippen LogP contribution in [-0.2, 0) is 9.63 Å². The van der Waals surface area contributed by atoms with E-state index < -0.39 is 6.10 Å². The third kappa shape index (κ3) is 3.69. The highest BCUT2D eigenvalue weighted by Crippen LogP contribution is 2.36. The number of nitrogens with zero attached hydrogens (tertiary/aromatic N) is 1. The first-order valence-corrected chi connectivity index (χ1v) is 8.00. The average Bonchev–Trinajstić information content (AvgIpc) is 3.13. The lowest BCUT2D eigenvalue weighted by Crippen LogP contribution is -2.28. The minimum atomic E-state index is -0.707. The second kappa shape index (κ2) is 7.44. The van der Waals surface area contributed by atoms with Crippen molar-refractivity contribution in [2.45, 2.75) is 12.5 Å². The smallest absolute Gasteiger partial charge is 0.268 e. The summed E-state index contributed by atoms with van der Waals surface area (Å²) in [5.41, 5.74) is 2.12. The lowest BCUT2D eigenvalue weighted by atomic mass is 10.0. The third-order valence-electron chi connectivity index (χ3n) is 3.80. The summed E-state index contributed by atoms with van der Waals surface area (Å²) >= 11 is 6.07. The number of ether oxygens (including phenoxy) is 2. The zero-order chi connectivity index (χ0) is 17.8. The van der Waals surface area contributed by atoms with Crippen molar-refractivity contribution in [1.82, 2.24) is 0 Å². The fraction of sp³-hybridized carbons (Fsp3) is 0.222. The largest absolute Gasteiger partial charge is 0.495 e. The highest BCUT2D eigenvalue weighted by molar-refractivity contribution is 6.32. The van der Waals surface area contributed by atoms with Gasteiger partial charge in [0, 0.05) is 18.6 Å². The molecule has 0 fully saturated rings. The molecule has 130 valence electrons. The summed E-state index contributed by atoms with van der Waals surface area (Å²) in [6.45, 7) is 0. The van der Waals surface area contributed by atoms with Crippen LogP contribution in [0, 0.1) is 0 Å². The van der Waals surface area contributed by atoms with Gasteiger partial charge in [-0.1, -0.05) is 47.1 Å². The van der Waals surface area contributed by atoms with Crippen molar-refractivity contribution in [1.29, 1.82) is 0 Å². The Balaban J connectivity index is 1.72. The number of carbonyl (C=O) groups excluding carboxylic acids is 1. The van der Waals surface area contributed by atoms with Gasteiger partial charge >= 0.3 is 0 Å². The highest BCUT2D eigenvalue weighted by Gasteiger charge is 2.29. The Morgan fingerprint density at radius 2 is 1.92 bits per heavy atom. The fourth-order valence-electron chi connectivity index (χ4n) is 2.49. The molecule has 1 atom stereocenters. The lowest BCUT2D eigenvalue weighted by Gasteiger charge is -2.14. The molecular weight excluding hydrogens is 344 g/mol. The Kier molecular flexibility index (Phi) is 5.09. The first-order valence-electron chi connectivity index (χ1n) is 7.63. The molecule has 7 heteroatoms. The van der Waals surface area contributed by atoms with E-state index in [1.807, 2.05) is 30.3 Å². The summed E-state index contributed by atoms with van der Waals surface area (Å²) in [5, 5.41) is 7.19. The number of oxime groups is 1. The van der Waals surface area contributed by atoms with E-state index in [0.717, 1.165) is 11.3 Å². The predicted molar refractivity (Wildman–Crippen MR) is 95.7 cm³/mol. The van der Waals surface area contributed by atoms with Crippen LogP contribution >= 0.6 is 11.6 Å². The van der Waals surface area contributed by atoms with Gasteiger partial charge in [-0.2, -0.15) is 0 Å². The maximum atomic E-state index is 12.5. The number of hydrogen-bond acceptors (Lipinski definition) is 5. The van der Waals surface area contributed by atoms with Crippen molar-refractivity contribution in [2.75, 3.05) is 19.5 Å². The highest BCUT2D eigenvalue weighted by atomic mass is 35.5. The Morgan fingerprint density at radius 3 is 2.60 bits per heavy atom.